The highest BCUT2D eigenvalue weighted by atomic mass is 35.5. The molecule has 1 fully saturated rings. The van der Waals surface area contributed by atoms with E-state index in [2.05, 4.69) is 4.90 Å². The fourth-order valence-corrected chi connectivity index (χ4v) is 5.06. The average molecular weight is 553 g/mol. The molecular formula is C30H30Cl2N2O4. The number of aliphatic hydroxyl groups excluding tert-OH is 1. The average Bonchev–Trinajstić information content (AvgIpc) is 3.18. The van der Waals surface area contributed by atoms with E-state index in [9.17, 15) is 14.7 Å². The first-order valence-corrected chi connectivity index (χ1v) is 13.3. The lowest BCUT2D eigenvalue weighted by atomic mass is 9.95. The van der Waals surface area contributed by atoms with Gasteiger partial charge in [-0.3, -0.25) is 9.59 Å². The zero-order valence-electron chi connectivity index (χ0n) is 21.4. The Hall–Kier alpha value is -3.32. The van der Waals surface area contributed by atoms with Crippen LogP contribution in [0.1, 0.15) is 36.6 Å². The van der Waals surface area contributed by atoms with E-state index in [0.717, 1.165) is 18.7 Å². The van der Waals surface area contributed by atoms with Crippen molar-refractivity contribution in [1.82, 2.24) is 9.80 Å². The summed E-state index contributed by atoms with van der Waals surface area (Å²) in [6.07, 6.45) is 0. The van der Waals surface area contributed by atoms with Gasteiger partial charge >= 0.3 is 0 Å². The first-order valence-electron chi connectivity index (χ1n) is 12.6. The van der Waals surface area contributed by atoms with Crippen LogP contribution in [-0.2, 0) is 16.2 Å². The van der Waals surface area contributed by atoms with E-state index in [1.54, 1.807) is 42.5 Å². The molecule has 38 heavy (non-hydrogen) atoms. The monoisotopic (exact) mass is 552 g/mol. The summed E-state index contributed by atoms with van der Waals surface area (Å²) >= 11 is 12.7. The van der Waals surface area contributed by atoms with Crippen molar-refractivity contribution in [2.45, 2.75) is 26.5 Å². The van der Waals surface area contributed by atoms with E-state index in [1.807, 2.05) is 44.2 Å². The third kappa shape index (κ3) is 6.04. The summed E-state index contributed by atoms with van der Waals surface area (Å²) < 4.78 is 5.84. The topological polar surface area (TPSA) is 70.1 Å². The smallest absolute Gasteiger partial charge is 0.295 e. The Morgan fingerprint density at radius 1 is 0.974 bits per heavy atom. The van der Waals surface area contributed by atoms with Crippen molar-refractivity contribution in [2.24, 2.45) is 0 Å². The summed E-state index contributed by atoms with van der Waals surface area (Å²) in [5.74, 6) is -1.07. The Labute approximate surface area is 233 Å². The number of benzene rings is 3. The molecule has 1 heterocycles. The lowest BCUT2D eigenvalue weighted by Crippen LogP contribution is -2.38. The lowest BCUT2D eigenvalue weighted by molar-refractivity contribution is -0.140. The minimum Gasteiger partial charge on any atom is -0.507 e. The van der Waals surface area contributed by atoms with Crippen LogP contribution in [0.25, 0.3) is 5.76 Å². The molecule has 1 saturated heterocycles. The molecule has 4 rings (SSSR count). The van der Waals surface area contributed by atoms with Crippen LogP contribution in [0.2, 0.25) is 10.0 Å². The van der Waals surface area contributed by atoms with Crippen LogP contribution in [0.4, 0.5) is 0 Å². The molecule has 3 aromatic rings. The molecule has 198 valence electrons. The molecule has 0 aliphatic carbocycles. The minimum absolute atomic E-state index is 0.00303. The number of hydrogen-bond donors (Lipinski definition) is 1. The highest BCUT2D eigenvalue weighted by Crippen LogP contribution is 2.42. The van der Waals surface area contributed by atoms with E-state index < -0.39 is 17.7 Å². The molecule has 0 radical (unpaired) electrons. The summed E-state index contributed by atoms with van der Waals surface area (Å²) in [6.45, 7) is 6.99. The number of Topliss-reactive ketones (excluding diaryl/α,β-unsaturated/α-hetero) is 1. The first-order chi connectivity index (χ1) is 18.3. The summed E-state index contributed by atoms with van der Waals surface area (Å²) in [6, 6.07) is 20.6. The van der Waals surface area contributed by atoms with Crippen molar-refractivity contribution >= 4 is 40.7 Å². The fraction of sp³-hybridized carbons (Fsp3) is 0.267. The largest absolute Gasteiger partial charge is 0.507 e. The maximum atomic E-state index is 13.3. The Kier molecular flexibility index (Phi) is 9.10. The third-order valence-corrected chi connectivity index (χ3v) is 7.29. The quantitative estimate of drug-likeness (QED) is 0.180. The van der Waals surface area contributed by atoms with Crippen molar-refractivity contribution in [3.63, 3.8) is 0 Å². The van der Waals surface area contributed by atoms with Crippen molar-refractivity contribution in [1.29, 1.82) is 0 Å². The van der Waals surface area contributed by atoms with Crippen molar-refractivity contribution in [3.8, 4) is 5.75 Å². The third-order valence-electron chi connectivity index (χ3n) is 6.72. The molecule has 3 aromatic carbocycles. The SMILES string of the molecule is CCN(CC)CCN1C(=O)C(=O)/C(=C(/O)c2ccc(OCc3ccccc3)cc2)C1c1ccc(Cl)cc1Cl. The van der Waals surface area contributed by atoms with E-state index in [-0.39, 0.29) is 11.3 Å². The number of amides is 1. The second-order valence-corrected chi connectivity index (χ2v) is 9.83. The highest BCUT2D eigenvalue weighted by Gasteiger charge is 2.46. The van der Waals surface area contributed by atoms with Gasteiger partial charge in [0.2, 0.25) is 0 Å². The molecule has 1 N–H and O–H groups in total. The van der Waals surface area contributed by atoms with Gasteiger partial charge in [-0.1, -0.05) is 73.4 Å². The number of hydrogen-bond acceptors (Lipinski definition) is 5. The van der Waals surface area contributed by atoms with Gasteiger partial charge in [-0.15, -0.1) is 0 Å². The number of likely N-dealkylation sites (N-methyl/N-ethyl adjacent to an activating group) is 1. The molecule has 0 bridgehead atoms. The van der Waals surface area contributed by atoms with Gasteiger partial charge in [0.05, 0.1) is 11.6 Å². The molecule has 6 nitrogen and oxygen atoms in total. The minimum atomic E-state index is -0.843. The van der Waals surface area contributed by atoms with Gasteiger partial charge in [0, 0.05) is 28.7 Å². The predicted molar refractivity (Wildman–Crippen MR) is 150 cm³/mol. The van der Waals surface area contributed by atoms with Crippen molar-refractivity contribution in [3.05, 3.63) is 105 Å². The number of halogens is 2. The molecular weight excluding hydrogens is 523 g/mol. The van der Waals surface area contributed by atoms with Gasteiger partial charge in [0.25, 0.3) is 11.7 Å². The van der Waals surface area contributed by atoms with Crippen LogP contribution in [-0.4, -0.2) is 52.8 Å². The second-order valence-electron chi connectivity index (χ2n) is 8.98. The van der Waals surface area contributed by atoms with E-state index in [1.165, 1.54) is 4.90 Å². The number of carbonyl (C=O) groups is 2. The Balaban J connectivity index is 1.68. The number of rotatable bonds is 10. The number of aliphatic hydroxyl groups is 1. The van der Waals surface area contributed by atoms with E-state index in [0.29, 0.717) is 46.6 Å². The maximum Gasteiger partial charge on any atom is 0.295 e. The Morgan fingerprint density at radius 2 is 1.66 bits per heavy atom. The summed E-state index contributed by atoms with van der Waals surface area (Å²) in [7, 11) is 0. The van der Waals surface area contributed by atoms with Crippen LogP contribution in [0.5, 0.6) is 5.75 Å². The molecule has 8 heteroatoms. The lowest BCUT2D eigenvalue weighted by Gasteiger charge is -2.28. The van der Waals surface area contributed by atoms with E-state index in [4.69, 9.17) is 27.9 Å². The molecule has 1 unspecified atom stereocenters. The second kappa shape index (κ2) is 12.5. The van der Waals surface area contributed by atoms with Gasteiger partial charge in [0.1, 0.15) is 18.1 Å². The summed E-state index contributed by atoms with van der Waals surface area (Å²) in [5.41, 5.74) is 1.95. The van der Waals surface area contributed by atoms with Crippen LogP contribution < -0.4 is 4.74 Å². The van der Waals surface area contributed by atoms with Crippen molar-refractivity contribution < 1.29 is 19.4 Å². The standard InChI is InChI=1S/C30H30Cl2N2O4/c1-3-33(4-2)16-17-34-27(24-15-12-22(31)18-25(24)32)26(29(36)30(34)37)28(35)21-10-13-23(14-11-21)38-19-20-8-6-5-7-9-20/h5-15,18,27,35H,3-4,16-17,19H2,1-2H3/b28-26+. The molecule has 1 amide bonds. The number of nitrogens with zero attached hydrogens (tertiary/aromatic N) is 2. The first kappa shape index (κ1) is 27.7. The van der Waals surface area contributed by atoms with E-state index >= 15 is 0 Å². The summed E-state index contributed by atoms with van der Waals surface area (Å²) in [4.78, 5) is 30.1. The van der Waals surface area contributed by atoms with Crippen LogP contribution in [0.3, 0.4) is 0 Å². The number of likely N-dealkylation sites (tertiary alicyclic amines) is 1. The van der Waals surface area contributed by atoms with Crippen LogP contribution >= 0.6 is 23.2 Å². The van der Waals surface area contributed by atoms with Crippen molar-refractivity contribution in [2.75, 3.05) is 26.2 Å². The molecule has 0 aromatic heterocycles. The number of ether oxygens (including phenoxy) is 1. The number of ketones is 1. The fourth-order valence-electron chi connectivity index (χ4n) is 4.55. The molecule has 1 atom stereocenters. The Bertz CT molecular complexity index is 1320. The number of carbonyl (C=O) groups excluding carboxylic acids is 2. The highest BCUT2D eigenvalue weighted by molar-refractivity contribution is 6.47. The molecule has 1 aliphatic rings. The van der Waals surface area contributed by atoms with Gasteiger partial charge in [-0.05, 0) is 60.6 Å². The normalized spacial score (nSPS) is 16.9. The van der Waals surface area contributed by atoms with Gasteiger partial charge in [-0.25, -0.2) is 0 Å². The van der Waals surface area contributed by atoms with Gasteiger partial charge < -0.3 is 19.6 Å². The zero-order valence-corrected chi connectivity index (χ0v) is 22.9. The van der Waals surface area contributed by atoms with Crippen LogP contribution in [0.15, 0.2) is 78.4 Å². The predicted octanol–water partition coefficient (Wildman–Crippen LogP) is 6.34. The maximum absolute atomic E-state index is 13.3. The Morgan fingerprint density at radius 3 is 2.29 bits per heavy atom. The molecule has 0 saturated carbocycles. The molecule has 0 spiro atoms. The zero-order chi connectivity index (χ0) is 27.2. The molecule has 1 aliphatic heterocycles. The summed E-state index contributed by atoms with van der Waals surface area (Å²) in [5, 5.41) is 12.1. The van der Waals surface area contributed by atoms with Gasteiger partial charge in [0.15, 0.2) is 0 Å². The van der Waals surface area contributed by atoms with Crippen LogP contribution in [0, 0.1) is 0 Å². The van der Waals surface area contributed by atoms with Gasteiger partial charge in [-0.2, -0.15) is 0 Å².